The Bertz CT molecular complexity index is 262. The SMILES string of the molecule is CN(C)c1ccc(/C=N\N)cc1. The van der Waals surface area contributed by atoms with Crippen molar-refractivity contribution in [3.63, 3.8) is 0 Å². The molecule has 1 aromatic carbocycles. The van der Waals surface area contributed by atoms with E-state index in [1.807, 2.05) is 43.3 Å². The van der Waals surface area contributed by atoms with Crippen LogP contribution in [0.5, 0.6) is 0 Å². The van der Waals surface area contributed by atoms with E-state index in [-0.39, 0.29) is 0 Å². The van der Waals surface area contributed by atoms with Crippen molar-refractivity contribution in [2.24, 2.45) is 10.9 Å². The topological polar surface area (TPSA) is 41.6 Å². The Hall–Kier alpha value is -1.51. The lowest BCUT2D eigenvalue weighted by atomic mass is 10.2. The smallest absolute Gasteiger partial charge is 0.0538 e. The second-order valence-electron chi connectivity index (χ2n) is 2.76. The van der Waals surface area contributed by atoms with Crippen molar-refractivity contribution >= 4 is 11.9 Å². The van der Waals surface area contributed by atoms with Gasteiger partial charge in [-0.15, -0.1) is 0 Å². The monoisotopic (exact) mass is 163 g/mol. The average Bonchev–Trinajstić information content (AvgIpc) is 2.06. The fraction of sp³-hybridized carbons (Fsp3) is 0.222. The number of anilines is 1. The molecule has 64 valence electrons. The normalized spacial score (nSPS) is 10.5. The van der Waals surface area contributed by atoms with Crippen LogP contribution in [0.4, 0.5) is 5.69 Å². The maximum Gasteiger partial charge on any atom is 0.0538 e. The maximum absolute atomic E-state index is 5.02. The van der Waals surface area contributed by atoms with Gasteiger partial charge in [0, 0.05) is 19.8 Å². The number of benzene rings is 1. The first-order valence-corrected chi connectivity index (χ1v) is 3.74. The molecule has 0 saturated heterocycles. The van der Waals surface area contributed by atoms with Gasteiger partial charge in [-0.1, -0.05) is 12.1 Å². The predicted octanol–water partition coefficient (Wildman–Crippen LogP) is 1.05. The molecule has 1 rings (SSSR count). The van der Waals surface area contributed by atoms with E-state index in [1.165, 1.54) is 5.69 Å². The zero-order chi connectivity index (χ0) is 8.97. The summed E-state index contributed by atoms with van der Waals surface area (Å²) in [5, 5.41) is 3.44. The number of hydrazone groups is 1. The molecule has 2 N–H and O–H groups in total. The van der Waals surface area contributed by atoms with Crippen LogP contribution in [0.3, 0.4) is 0 Å². The van der Waals surface area contributed by atoms with Gasteiger partial charge in [-0.05, 0) is 17.7 Å². The Morgan fingerprint density at radius 3 is 2.25 bits per heavy atom. The molecule has 3 nitrogen and oxygen atoms in total. The minimum Gasteiger partial charge on any atom is -0.378 e. The Morgan fingerprint density at radius 1 is 1.25 bits per heavy atom. The highest BCUT2D eigenvalue weighted by Crippen LogP contribution is 2.10. The zero-order valence-electron chi connectivity index (χ0n) is 7.36. The van der Waals surface area contributed by atoms with E-state index in [2.05, 4.69) is 5.10 Å². The molecule has 0 radical (unpaired) electrons. The summed E-state index contributed by atoms with van der Waals surface area (Å²) >= 11 is 0. The molecule has 0 fully saturated rings. The number of rotatable bonds is 2. The lowest BCUT2D eigenvalue weighted by Crippen LogP contribution is -2.08. The molecule has 1 aromatic rings. The van der Waals surface area contributed by atoms with Crippen LogP contribution in [-0.4, -0.2) is 20.3 Å². The van der Waals surface area contributed by atoms with Crippen molar-refractivity contribution in [2.45, 2.75) is 0 Å². The Labute approximate surface area is 72.5 Å². The largest absolute Gasteiger partial charge is 0.378 e. The minimum absolute atomic E-state index is 1.02. The second-order valence-corrected chi connectivity index (χ2v) is 2.76. The van der Waals surface area contributed by atoms with Crippen molar-refractivity contribution in [2.75, 3.05) is 19.0 Å². The first kappa shape index (κ1) is 8.59. The standard InChI is InChI=1S/C9H13N3/c1-12(2)9-5-3-8(4-6-9)7-11-10/h3-7H,10H2,1-2H3/b11-7-. The zero-order valence-corrected chi connectivity index (χ0v) is 7.36. The summed E-state index contributed by atoms with van der Waals surface area (Å²) < 4.78 is 0. The van der Waals surface area contributed by atoms with E-state index >= 15 is 0 Å². The number of nitrogens with zero attached hydrogens (tertiary/aromatic N) is 2. The van der Waals surface area contributed by atoms with Crippen molar-refractivity contribution in [3.8, 4) is 0 Å². The van der Waals surface area contributed by atoms with Crippen LogP contribution in [0.15, 0.2) is 29.4 Å². The summed E-state index contributed by atoms with van der Waals surface area (Å²) in [6.45, 7) is 0. The summed E-state index contributed by atoms with van der Waals surface area (Å²) in [5.74, 6) is 5.02. The first-order valence-electron chi connectivity index (χ1n) is 3.74. The van der Waals surface area contributed by atoms with Crippen LogP contribution in [0.25, 0.3) is 0 Å². The third-order valence-corrected chi connectivity index (χ3v) is 1.63. The van der Waals surface area contributed by atoms with Gasteiger partial charge in [0.25, 0.3) is 0 Å². The highest BCUT2D eigenvalue weighted by atomic mass is 15.1. The molecule has 0 bridgehead atoms. The van der Waals surface area contributed by atoms with E-state index in [0.29, 0.717) is 0 Å². The first-order chi connectivity index (χ1) is 5.74. The van der Waals surface area contributed by atoms with Crippen LogP contribution in [0.1, 0.15) is 5.56 Å². The van der Waals surface area contributed by atoms with Crippen molar-refractivity contribution < 1.29 is 0 Å². The molecular weight excluding hydrogens is 150 g/mol. The molecule has 0 unspecified atom stereocenters. The van der Waals surface area contributed by atoms with Gasteiger partial charge < -0.3 is 10.7 Å². The lowest BCUT2D eigenvalue weighted by Gasteiger charge is -2.11. The molecule has 0 saturated carbocycles. The molecule has 0 aromatic heterocycles. The van der Waals surface area contributed by atoms with Crippen molar-refractivity contribution in [3.05, 3.63) is 29.8 Å². The molecule has 12 heavy (non-hydrogen) atoms. The summed E-state index contributed by atoms with van der Waals surface area (Å²) in [4.78, 5) is 2.05. The van der Waals surface area contributed by atoms with E-state index in [1.54, 1.807) is 6.21 Å². The highest BCUT2D eigenvalue weighted by molar-refractivity contribution is 5.80. The summed E-state index contributed by atoms with van der Waals surface area (Å²) in [6, 6.07) is 8.01. The van der Waals surface area contributed by atoms with E-state index < -0.39 is 0 Å². The van der Waals surface area contributed by atoms with Gasteiger partial charge in [-0.25, -0.2) is 0 Å². The van der Waals surface area contributed by atoms with E-state index in [9.17, 15) is 0 Å². The van der Waals surface area contributed by atoms with Crippen LogP contribution in [0.2, 0.25) is 0 Å². The Balaban J connectivity index is 2.85. The predicted molar refractivity (Wildman–Crippen MR) is 52.6 cm³/mol. The molecule has 0 spiro atoms. The molecule has 0 atom stereocenters. The second kappa shape index (κ2) is 3.76. The third-order valence-electron chi connectivity index (χ3n) is 1.63. The van der Waals surface area contributed by atoms with Crippen LogP contribution >= 0.6 is 0 Å². The summed E-state index contributed by atoms with van der Waals surface area (Å²) in [7, 11) is 4.01. The highest BCUT2D eigenvalue weighted by Gasteiger charge is 1.92. The third kappa shape index (κ3) is 1.99. The Kier molecular flexibility index (Phi) is 2.69. The number of hydrogen-bond donors (Lipinski definition) is 1. The van der Waals surface area contributed by atoms with Gasteiger partial charge >= 0.3 is 0 Å². The molecule has 0 amide bonds. The number of hydrogen-bond acceptors (Lipinski definition) is 3. The lowest BCUT2D eigenvalue weighted by molar-refractivity contribution is 1.13. The van der Waals surface area contributed by atoms with Gasteiger partial charge in [0.1, 0.15) is 0 Å². The van der Waals surface area contributed by atoms with Crippen LogP contribution < -0.4 is 10.7 Å². The molecule has 3 heteroatoms. The molecule has 0 aliphatic carbocycles. The minimum atomic E-state index is 1.02. The van der Waals surface area contributed by atoms with Crippen LogP contribution in [0, 0.1) is 0 Å². The maximum atomic E-state index is 5.02. The average molecular weight is 163 g/mol. The molecular formula is C9H13N3. The van der Waals surface area contributed by atoms with Gasteiger partial charge in [0.05, 0.1) is 6.21 Å². The van der Waals surface area contributed by atoms with E-state index in [4.69, 9.17) is 5.84 Å². The fourth-order valence-electron chi connectivity index (χ4n) is 0.945. The van der Waals surface area contributed by atoms with Gasteiger partial charge in [-0.2, -0.15) is 5.10 Å². The van der Waals surface area contributed by atoms with Gasteiger partial charge in [0.15, 0.2) is 0 Å². The number of nitrogens with two attached hydrogens (primary N) is 1. The quantitative estimate of drug-likeness (QED) is 0.402. The molecule has 0 aliphatic rings. The van der Waals surface area contributed by atoms with Crippen molar-refractivity contribution in [1.82, 2.24) is 0 Å². The molecule has 0 aliphatic heterocycles. The van der Waals surface area contributed by atoms with E-state index in [0.717, 1.165) is 5.56 Å². The fourth-order valence-corrected chi connectivity index (χ4v) is 0.945. The van der Waals surface area contributed by atoms with Crippen molar-refractivity contribution in [1.29, 1.82) is 0 Å². The van der Waals surface area contributed by atoms with Gasteiger partial charge in [-0.3, -0.25) is 0 Å². The molecule has 0 heterocycles. The Morgan fingerprint density at radius 2 is 1.83 bits per heavy atom. The summed E-state index contributed by atoms with van der Waals surface area (Å²) in [6.07, 6.45) is 1.62. The van der Waals surface area contributed by atoms with Crippen LogP contribution in [-0.2, 0) is 0 Å². The summed E-state index contributed by atoms with van der Waals surface area (Å²) in [5.41, 5.74) is 2.19. The van der Waals surface area contributed by atoms with Gasteiger partial charge in [0.2, 0.25) is 0 Å².